The number of hydrogen-bond donors (Lipinski definition) is 0. The molecular weight excluding hydrogens is 288 g/mol. The van der Waals surface area contributed by atoms with Gasteiger partial charge >= 0.3 is 0 Å². The summed E-state index contributed by atoms with van der Waals surface area (Å²) in [5.41, 5.74) is 0. The summed E-state index contributed by atoms with van der Waals surface area (Å²) in [5, 5.41) is 2.45. The van der Waals surface area contributed by atoms with Crippen LogP contribution in [0.15, 0.2) is 40.9 Å². The van der Waals surface area contributed by atoms with Gasteiger partial charge < -0.3 is 4.74 Å². The molecule has 96 valence electrons. The fraction of sp³-hybridized carbons (Fsp3) is 0.375. The number of halogens is 1. The van der Waals surface area contributed by atoms with Gasteiger partial charge in [-0.25, -0.2) is 0 Å². The molecule has 2 rings (SSSR count). The molecule has 1 nitrogen and oxygen atoms in total. The molecule has 0 N–H and O–H groups in total. The lowest BCUT2D eigenvalue weighted by molar-refractivity contribution is 0.305. The largest absolute Gasteiger partial charge is 0.494 e. The summed E-state index contributed by atoms with van der Waals surface area (Å²) in [7, 11) is 0. The van der Waals surface area contributed by atoms with Crippen LogP contribution in [0.3, 0.4) is 0 Å². The van der Waals surface area contributed by atoms with E-state index < -0.39 is 0 Å². The Morgan fingerprint density at radius 1 is 1.06 bits per heavy atom. The molecule has 2 aromatic rings. The summed E-state index contributed by atoms with van der Waals surface area (Å²) in [5.74, 6) is 0.964. The van der Waals surface area contributed by atoms with E-state index in [0.29, 0.717) is 0 Å². The zero-order chi connectivity index (χ0) is 12.8. The Balaban J connectivity index is 1.99. The first kappa shape index (κ1) is 13.4. The summed E-state index contributed by atoms with van der Waals surface area (Å²) in [6.07, 6.45) is 4.96. The molecule has 0 aliphatic heterocycles. The number of ether oxygens (including phenoxy) is 1. The maximum Gasteiger partial charge on any atom is 0.119 e. The minimum atomic E-state index is 0.815. The van der Waals surface area contributed by atoms with Crippen LogP contribution in [-0.2, 0) is 0 Å². The minimum Gasteiger partial charge on any atom is -0.494 e. The Labute approximate surface area is 117 Å². The highest BCUT2D eigenvalue weighted by Gasteiger charge is 2.00. The third-order valence-electron chi connectivity index (χ3n) is 3.07. The minimum absolute atomic E-state index is 0.815. The molecule has 0 atom stereocenters. The lowest BCUT2D eigenvalue weighted by Gasteiger charge is -2.08. The van der Waals surface area contributed by atoms with Crippen LogP contribution in [0.2, 0.25) is 0 Å². The van der Waals surface area contributed by atoms with Gasteiger partial charge in [0, 0.05) is 4.47 Å². The average Bonchev–Trinajstić information content (AvgIpc) is 2.39. The van der Waals surface area contributed by atoms with Crippen LogP contribution in [0.1, 0.15) is 32.6 Å². The maximum atomic E-state index is 5.79. The Morgan fingerprint density at radius 3 is 2.78 bits per heavy atom. The van der Waals surface area contributed by atoms with Crippen molar-refractivity contribution in [3.8, 4) is 5.75 Å². The zero-order valence-corrected chi connectivity index (χ0v) is 12.4. The smallest absolute Gasteiger partial charge is 0.119 e. The first-order valence-electron chi connectivity index (χ1n) is 6.62. The van der Waals surface area contributed by atoms with Crippen molar-refractivity contribution < 1.29 is 4.74 Å². The Bertz CT molecular complexity index is 507. The molecule has 2 aromatic carbocycles. The van der Waals surface area contributed by atoms with Crippen molar-refractivity contribution in [3.05, 3.63) is 40.9 Å². The van der Waals surface area contributed by atoms with Crippen LogP contribution in [0.25, 0.3) is 10.8 Å². The predicted octanol–water partition coefficient (Wildman–Crippen LogP) is 5.56. The topological polar surface area (TPSA) is 9.23 Å². The molecule has 0 bridgehead atoms. The Hall–Kier alpha value is -1.02. The first-order valence-corrected chi connectivity index (χ1v) is 7.41. The van der Waals surface area contributed by atoms with Crippen molar-refractivity contribution in [1.29, 1.82) is 0 Å². The highest BCUT2D eigenvalue weighted by atomic mass is 79.9. The van der Waals surface area contributed by atoms with E-state index in [4.69, 9.17) is 4.74 Å². The standard InChI is InChI=1S/C16H19BrO/c1-2-3-4-5-11-18-14-10-9-13-7-6-8-16(17)15(13)12-14/h6-10,12H,2-5,11H2,1H3. The second-order valence-corrected chi connectivity index (χ2v) is 5.39. The second kappa shape index (κ2) is 6.79. The highest BCUT2D eigenvalue weighted by Crippen LogP contribution is 2.27. The van der Waals surface area contributed by atoms with Gasteiger partial charge in [0.05, 0.1) is 6.61 Å². The summed E-state index contributed by atoms with van der Waals surface area (Å²) < 4.78 is 6.92. The molecule has 0 saturated carbocycles. The van der Waals surface area contributed by atoms with Gasteiger partial charge in [-0.2, -0.15) is 0 Å². The second-order valence-electron chi connectivity index (χ2n) is 4.53. The van der Waals surface area contributed by atoms with Gasteiger partial charge in [0.15, 0.2) is 0 Å². The Kier molecular flexibility index (Phi) is 5.06. The highest BCUT2D eigenvalue weighted by molar-refractivity contribution is 9.10. The van der Waals surface area contributed by atoms with Crippen molar-refractivity contribution in [2.75, 3.05) is 6.61 Å². The fourth-order valence-electron chi connectivity index (χ4n) is 2.02. The van der Waals surface area contributed by atoms with Crippen LogP contribution in [0.5, 0.6) is 5.75 Å². The van der Waals surface area contributed by atoms with Crippen LogP contribution >= 0.6 is 15.9 Å². The maximum absolute atomic E-state index is 5.79. The van der Waals surface area contributed by atoms with E-state index in [0.717, 1.165) is 23.2 Å². The molecule has 0 saturated heterocycles. The third-order valence-corrected chi connectivity index (χ3v) is 3.76. The first-order chi connectivity index (χ1) is 8.81. The van der Waals surface area contributed by atoms with E-state index in [1.54, 1.807) is 0 Å². The van der Waals surface area contributed by atoms with Gasteiger partial charge in [-0.1, -0.05) is 60.3 Å². The van der Waals surface area contributed by atoms with Gasteiger partial charge in [-0.3, -0.25) is 0 Å². The van der Waals surface area contributed by atoms with E-state index in [9.17, 15) is 0 Å². The van der Waals surface area contributed by atoms with E-state index in [2.05, 4.69) is 59.3 Å². The molecule has 0 fully saturated rings. The predicted molar refractivity (Wildman–Crippen MR) is 81.3 cm³/mol. The molecule has 0 aliphatic carbocycles. The van der Waals surface area contributed by atoms with Crippen LogP contribution < -0.4 is 4.74 Å². The Morgan fingerprint density at radius 2 is 1.94 bits per heavy atom. The number of benzene rings is 2. The van der Waals surface area contributed by atoms with Crippen LogP contribution in [0.4, 0.5) is 0 Å². The number of rotatable bonds is 6. The molecule has 0 spiro atoms. The van der Waals surface area contributed by atoms with Gasteiger partial charge in [0.2, 0.25) is 0 Å². The number of fused-ring (bicyclic) bond motifs is 1. The molecule has 0 radical (unpaired) electrons. The van der Waals surface area contributed by atoms with Crippen LogP contribution in [0, 0.1) is 0 Å². The molecule has 18 heavy (non-hydrogen) atoms. The van der Waals surface area contributed by atoms with Gasteiger partial charge in [-0.15, -0.1) is 0 Å². The van der Waals surface area contributed by atoms with E-state index >= 15 is 0 Å². The van der Waals surface area contributed by atoms with Crippen molar-refractivity contribution in [3.63, 3.8) is 0 Å². The van der Waals surface area contributed by atoms with Crippen molar-refractivity contribution in [1.82, 2.24) is 0 Å². The van der Waals surface area contributed by atoms with E-state index in [-0.39, 0.29) is 0 Å². The molecule has 0 unspecified atom stereocenters. The van der Waals surface area contributed by atoms with Gasteiger partial charge in [0.25, 0.3) is 0 Å². The molecule has 0 aliphatic rings. The fourth-order valence-corrected chi connectivity index (χ4v) is 2.52. The zero-order valence-electron chi connectivity index (χ0n) is 10.8. The number of hydrogen-bond acceptors (Lipinski definition) is 1. The molecular formula is C16H19BrO. The summed E-state index contributed by atoms with van der Waals surface area (Å²) >= 11 is 3.58. The van der Waals surface area contributed by atoms with Gasteiger partial charge in [0.1, 0.15) is 5.75 Å². The monoisotopic (exact) mass is 306 g/mol. The molecule has 0 heterocycles. The molecule has 2 heteroatoms. The van der Waals surface area contributed by atoms with E-state index in [1.807, 2.05) is 0 Å². The average molecular weight is 307 g/mol. The van der Waals surface area contributed by atoms with Gasteiger partial charge in [-0.05, 0) is 35.4 Å². The SMILES string of the molecule is CCCCCCOc1ccc2cccc(Br)c2c1. The van der Waals surface area contributed by atoms with Crippen molar-refractivity contribution in [2.45, 2.75) is 32.6 Å². The quantitative estimate of drug-likeness (QED) is 0.635. The summed E-state index contributed by atoms with van der Waals surface area (Å²) in [6.45, 7) is 3.04. The molecule has 0 aromatic heterocycles. The van der Waals surface area contributed by atoms with Crippen molar-refractivity contribution >= 4 is 26.7 Å². The number of unbranched alkanes of at least 4 members (excludes halogenated alkanes) is 3. The lowest BCUT2D eigenvalue weighted by atomic mass is 10.1. The van der Waals surface area contributed by atoms with Crippen molar-refractivity contribution in [2.24, 2.45) is 0 Å². The van der Waals surface area contributed by atoms with E-state index in [1.165, 1.54) is 30.0 Å². The summed E-state index contributed by atoms with van der Waals surface area (Å²) in [6, 6.07) is 12.5. The third kappa shape index (κ3) is 3.49. The lowest BCUT2D eigenvalue weighted by Crippen LogP contribution is -1.97. The van der Waals surface area contributed by atoms with Crippen LogP contribution in [-0.4, -0.2) is 6.61 Å². The summed E-state index contributed by atoms with van der Waals surface area (Å²) in [4.78, 5) is 0. The molecule has 0 amide bonds. The normalized spacial score (nSPS) is 10.8.